The first kappa shape index (κ1) is 22.1. The number of carbonyl (C=O) groups excluding carboxylic acids is 1. The third-order valence-electron chi connectivity index (χ3n) is 3.76. The van der Waals surface area contributed by atoms with E-state index in [0.29, 0.717) is 19.3 Å². The lowest BCUT2D eigenvalue weighted by Crippen LogP contribution is -2.69. The molecule has 13 heteroatoms. The second-order valence-electron chi connectivity index (χ2n) is 5.60. The predicted molar refractivity (Wildman–Crippen MR) is 65.6 cm³/mol. The molecule has 0 aliphatic heterocycles. The normalized spacial score (nSPS) is 19.0. The van der Waals surface area contributed by atoms with Gasteiger partial charge in [-0.25, -0.2) is 0 Å². The molecule has 0 unspecified atom stereocenters. The summed E-state index contributed by atoms with van der Waals surface area (Å²) in [6, 6.07) is -1.05. The summed E-state index contributed by atoms with van der Waals surface area (Å²) in [5, 5.41) is -4.91. The molecule has 1 aliphatic carbocycles. The molecule has 0 atom stereocenters. The van der Waals surface area contributed by atoms with E-state index in [0.717, 1.165) is 0 Å². The molecular weight excluding hydrogens is 400 g/mol. The molecule has 1 rings (SSSR count). The van der Waals surface area contributed by atoms with E-state index in [1.165, 1.54) is 5.32 Å². The Hall–Kier alpha value is -0.940. The Balaban J connectivity index is 3.13. The van der Waals surface area contributed by atoms with Crippen LogP contribution in [0.3, 0.4) is 0 Å². The highest BCUT2D eigenvalue weighted by molar-refractivity contribution is 6.22. The molecule has 148 valence electrons. The Morgan fingerprint density at radius 3 is 1.60 bits per heavy atom. The van der Waals surface area contributed by atoms with Crippen LogP contribution in [0.5, 0.6) is 0 Å². The summed E-state index contributed by atoms with van der Waals surface area (Å²) in [6.07, 6.45) is 1.69. The Morgan fingerprint density at radius 1 is 0.760 bits per heavy atom. The Bertz CT molecular complexity index is 499. The van der Waals surface area contributed by atoms with E-state index in [1.54, 1.807) is 0 Å². The van der Waals surface area contributed by atoms with Crippen LogP contribution in [0, 0.1) is 0 Å². The van der Waals surface area contributed by atoms with Crippen LogP contribution < -0.4 is 5.32 Å². The van der Waals surface area contributed by atoms with Gasteiger partial charge in [-0.3, -0.25) is 4.79 Å². The summed E-state index contributed by atoms with van der Waals surface area (Å²) < 4.78 is 131. The lowest BCUT2D eigenvalue weighted by atomic mass is 9.94. The second-order valence-corrected chi connectivity index (χ2v) is 6.08. The zero-order valence-electron chi connectivity index (χ0n) is 12.2. The molecule has 1 aliphatic rings. The molecule has 0 aromatic rings. The van der Waals surface area contributed by atoms with Crippen LogP contribution >= 0.6 is 11.6 Å². The number of nitrogens with one attached hydrogen (secondary N) is 1. The minimum atomic E-state index is -7.32. The first-order valence-corrected chi connectivity index (χ1v) is 7.27. The molecule has 25 heavy (non-hydrogen) atoms. The van der Waals surface area contributed by atoms with Crippen LogP contribution in [-0.2, 0) is 4.79 Å². The number of halogens is 11. The van der Waals surface area contributed by atoms with Gasteiger partial charge >= 0.3 is 29.1 Å². The van der Waals surface area contributed by atoms with E-state index in [2.05, 4.69) is 11.6 Å². The zero-order chi connectivity index (χ0) is 19.9. The average molecular weight is 412 g/mol. The molecule has 0 radical (unpaired) electrons. The molecule has 0 spiro atoms. The number of carbonyl (C=O) groups is 1. The molecule has 0 aromatic heterocycles. The van der Waals surface area contributed by atoms with Gasteiger partial charge in [-0.15, -0.1) is 0 Å². The van der Waals surface area contributed by atoms with Gasteiger partial charge in [-0.1, -0.05) is 19.3 Å². The summed E-state index contributed by atoms with van der Waals surface area (Å²) in [7, 11) is 0. The van der Waals surface area contributed by atoms with Crippen molar-refractivity contribution in [3.8, 4) is 0 Å². The maximum atomic E-state index is 13.5. The van der Waals surface area contributed by atoms with Gasteiger partial charge in [0.25, 0.3) is 5.91 Å². The lowest BCUT2D eigenvalue weighted by Gasteiger charge is -2.37. The predicted octanol–water partition coefficient (Wildman–Crippen LogP) is 4.81. The number of amides is 1. The Morgan fingerprint density at radius 2 is 1.20 bits per heavy atom. The highest BCUT2D eigenvalue weighted by Gasteiger charge is 2.87. The minimum absolute atomic E-state index is 0.0830. The van der Waals surface area contributed by atoms with Gasteiger partial charge in [0.1, 0.15) is 0 Å². The van der Waals surface area contributed by atoms with Crippen LogP contribution in [-0.4, -0.2) is 41.0 Å². The van der Waals surface area contributed by atoms with Gasteiger partial charge in [0.2, 0.25) is 0 Å². The third kappa shape index (κ3) is 3.63. The average Bonchev–Trinajstić information content (AvgIpc) is 2.46. The van der Waals surface area contributed by atoms with Gasteiger partial charge in [0, 0.05) is 6.04 Å². The lowest BCUT2D eigenvalue weighted by molar-refractivity contribution is -0.382. The first-order valence-electron chi connectivity index (χ1n) is 6.89. The number of alkyl halides is 11. The van der Waals surface area contributed by atoms with Crippen molar-refractivity contribution in [1.29, 1.82) is 0 Å². The first-order chi connectivity index (χ1) is 11.0. The highest BCUT2D eigenvalue weighted by Crippen LogP contribution is 2.57. The molecule has 0 saturated heterocycles. The fourth-order valence-electron chi connectivity index (χ4n) is 2.24. The van der Waals surface area contributed by atoms with Crippen molar-refractivity contribution in [3.63, 3.8) is 0 Å². The van der Waals surface area contributed by atoms with Crippen LogP contribution in [0.1, 0.15) is 32.1 Å². The largest absolute Gasteiger partial charge is 0.393 e. The van der Waals surface area contributed by atoms with E-state index in [-0.39, 0.29) is 12.8 Å². The van der Waals surface area contributed by atoms with Gasteiger partial charge in [-0.2, -0.15) is 43.9 Å². The molecule has 0 bridgehead atoms. The Labute approximate surface area is 139 Å². The highest BCUT2D eigenvalue weighted by atomic mass is 35.5. The zero-order valence-corrected chi connectivity index (χ0v) is 12.9. The molecule has 1 amide bonds. The molecule has 0 heterocycles. The molecule has 1 N–H and O–H groups in total. The van der Waals surface area contributed by atoms with Gasteiger partial charge < -0.3 is 5.32 Å². The van der Waals surface area contributed by atoms with Crippen molar-refractivity contribution < 1.29 is 48.7 Å². The fourth-order valence-corrected chi connectivity index (χ4v) is 2.36. The second kappa shape index (κ2) is 6.66. The van der Waals surface area contributed by atoms with Crippen LogP contribution in [0.2, 0.25) is 0 Å². The maximum absolute atomic E-state index is 13.5. The smallest absolute Gasteiger partial charge is 0.348 e. The van der Waals surface area contributed by atoms with Crippen molar-refractivity contribution in [2.75, 3.05) is 0 Å². The van der Waals surface area contributed by atoms with Crippen LogP contribution in [0.15, 0.2) is 0 Å². The number of rotatable bonds is 6. The summed E-state index contributed by atoms with van der Waals surface area (Å²) >= 11 is 3.66. The fraction of sp³-hybridized carbons (Fsp3) is 0.917. The quantitative estimate of drug-likeness (QED) is 0.493. The molecule has 0 aromatic carbocycles. The summed E-state index contributed by atoms with van der Waals surface area (Å²) in [6.45, 7) is 0. The van der Waals surface area contributed by atoms with Gasteiger partial charge in [0.15, 0.2) is 0 Å². The monoisotopic (exact) mass is 411 g/mol. The van der Waals surface area contributed by atoms with E-state index < -0.39 is 41.0 Å². The van der Waals surface area contributed by atoms with Crippen molar-refractivity contribution in [2.45, 2.75) is 67.2 Å². The Kier molecular flexibility index (Phi) is 5.88. The number of hydrogen-bond acceptors (Lipinski definition) is 1. The van der Waals surface area contributed by atoms with E-state index in [1.807, 2.05) is 0 Å². The molecule has 1 saturated carbocycles. The van der Waals surface area contributed by atoms with Crippen molar-refractivity contribution >= 4 is 17.5 Å². The number of hydrogen-bond donors (Lipinski definition) is 1. The van der Waals surface area contributed by atoms with E-state index in [4.69, 9.17) is 0 Å². The molecule has 2 nitrogen and oxygen atoms in total. The maximum Gasteiger partial charge on any atom is 0.393 e. The van der Waals surface area contributed by atoms with E-state index in [9.17, 15) is 48.7 Å². The third-order valence-corrected chi connectivity index (χ3v) is 4.00. The van der Waals surface area contributed by atoms with Crippen LogP contribution in [0.4, 0.5) is 43.9 Å². The molecular formula is C12H12ClF10NO. The van der Waals surface area contributed by atoms with Crippen molar-refractivity contribution in [2.24, 2.45) is 0 Å². The standard InChI is InChI=1S/C12H12ClF10NO/c13-12(22,23)11(20,21)10(18,19)9(16,17)8(14,15)7(25)24-6-4-2-1-3-5-6/h6H,1-5H2,(H,24,25). The minimum Gasteiger partial charge on any atom is -0.348 e. The van der Waals surface area contributed by atoms with Gasteiger partial charge in [-0.05, 0) is 24.4 Å². The van der Waals surface area contributed by atoms with Crippen molar-refractivity contribution in [3.05, 3.63) is 0 Å². The summed E-state index contributed by atoms with van der Waals surface area (Å²) in [4.78, 5) is 11.3. The summed E-state index contributed by atoms with van der Waals surface area (Å²) in [5.74, 6) is -30.9. The van der Waals surface area contributed by atoms with Gasteiger partial charge in [0.05, 0.1) is 0 Å². The van der Waals surface area contributed by atoms with Crippen LogP contribution in [0.25, 0.3) is 0 Å². The summed E-state index contributed by atoms with van der Waals surface area (Å²) in [5.41, 5.74) is 0. The molecule has 1 fully saturated rings. The SMILES string of the molecule is O=C(NC1CCCCC1)C(F)(F)C(F)(F)C(F)(F)C(F)(F)C(F)(F)Cl. The van der Waals surface area contributed by atoms with E-state index >= 15 is 0 Å². The topological polar surface area (TPSA) is 29.1 Å². The van der Waals surface area contributed by atoms with Crippen molar-refractivity contribution in [1.82, 2.24) is 5.32 Å².